The Balaban J connectivity index is 2.13. The van der Waals surface area contributed by atoms with E-state index in [1.54, 1.807) is 0 Å². The number of rotatable bonds is 3. The van der Waals surface area contributed by atoms with Crippen LogP contribution in [-0.2, 0) is 12.4 Å². The second-order valence-electron chi connectivity index (χ2n) is 5.00. The van der Waals surface area contributed by atoms with Crippen LogP contribution in [0, 0.1) is 18.3 Å². The number of alkyl halides is 1. The lowest BCUT2D eigenvalue weighted by Crippen LogP contribution is -2.04. The first-order chi connectivity index (χ1) is 10.2. The van der Waals surface area contributed by atoms with Gasteiger partial charge in [-0.1, -0.05) is 24.3 Å². The largest absolute Gasteiger partial charge is 0.322 e. The van der Waals surface area contributed by atoms with Crippen LogP contribution in [0.1, 0.15) is 22.5 Å². The van der Waals surface area contributed by atoms with E-state index in [0.29, 0.717) is 18.0 Å². The number of hydrogen-bond acceptors (Lipinski definition) is 2. The molecule has 0 N–H and O–H groups in total. The summed E-state index contributed by atoms with van der Waals surface area (Å²) in [6, 6.07) is 15.9. The molecule has 0 saturated heterocycles. The van der Waals surface area contributed by atoms with Gasteiger partial charge >= 0.3 is 0 Å². The first-order valence-electron chi connectivity index (χ1n) is 6.72. The SMILES string of the molecule is Cc1cccc2nc(CCl)n(Cc3cccc(C#N)c3)c12. The lowest BCUT2D eigenvalue weighted by molar-refractivity contribution is 0.776. The van der Waals surface area contributed by atoms with Crippen LogP contribution in [0.5, 0.6) is 0 Å². The Hall–Kier alpha value is -2.31. The molecule has 0 aliphatic rings. The molecule has 0 saturated carbocycles. The molecule has 0 amide bonds. The fraction of sp³-hybridized carbons (Fsp3) is 0.176. The summed E-state index contributed by atoms with van der Waals surface area (Å²) in [5.74, 6) is 1.22. The van der Waals surface area contributed by atoms with Crippen molar-refractivity contribution in [3.8, 4) is 6.07 Å². The molecule has 1 heterocycles. The van der Waals surface area contributed by atoms with Crippen molar-refractivity contribution in [2.24, 2.45) is 0 Å². The molecule has 1 aromatic heterocycles. The maximum atomic E-state index is 9.01. The second kappa shape index (κ2) is 5.59. The van der Waals surface area contributed by atoms with Crippen LogP contribution in [-0.4, -0.2) is 9.55 Å². The molecule has 0 unspecified atom stereocenters. The zero-order chi connectivity index (χ0) is 14.8. The number of aromatic nitrogens is 2. The van der Waals surface area contributed by atoms with Crippen molar-refractivity contribution in [1.82, 2.24) is 9.55 Å². The van der Waals surface area contributed by atoms with Crippen molar-refractivity contribution in [3.05, 3.63) is 65.0 Å². The van der Waals surface area contributed by atoms with Crippen LogP contribution in [0.4, 0.5) is 0 Å². The number of nitrogens with zero attached hydrogens (tertiary/aromatic N) is 3. The topological polar surface area (TPSA) is 41.6 Å². The van der Waals surface area contributed by atoms with Gasteiger partial charge in [-0.05, 0) is 36.2 Å². The summed E-state index contributed by atoms with van der Waals surface area (Å²) in [5, 5.41) is 9.01. The average Bonchev–Trinajstić information content (AvgIpc) is 2.86. The average molecular weight is 296 g/mol. The van der Waals surface area contributed by atoms with Gasteiger partial charge in [0, 0.05) is 6.54 Å². The van der Waals surface area contributed by atoms with E-state index in [-0.39, 0.29) is 0 Å². The molecule has 2 aromatic carbocycles. The molecule has 3 rings (SSSR count). The third-order valence-electron chi connectivity index (χ3n) is 3.56. The molecule has 4 heteroatoms. The quantitative estimate of drug-likeness (QED) is 0.685. The first kappa shape index (κ1) is 13.7. The molecule has 0 aliphatic carbocycles. The van der Waals surface area contributed by atoms with E-state index in [2.05, 4.69) is 28.6 Å². The Morgan fingerprint density at radius 2 is 2.05 bits per heavy atom. The smallest absolute Gasteiger partial charge is 0.125 e. The maximum Gasteiger partial charge on any atom is 0.125 e. The predicted octanol–water partition coefficient (Wildman–Crippen LogP) is 4.00. The van der Waals surface area contributed by atoms with Crippen LogP contribution in [0.3, 0.4) is 0 Å². The molecular weight excluding hydrogens is 282 g/mol. The minimum absolute atomic E-state index is 0.367. The summed E-state index contributed by atoms with van der Waals surface area (Å²) in [5.41, 5.74) is 4.98. The molecule has 3 nitrogen and oxygen atoms in total. The first-order valence-corrected chi connectivity index (χ1v) is 7.26. The van der Waals surface area contributed by atoms with E-state index < -0.39 is 0 Å². The van der Waals surface area contributed by atoms with Gasteiger partial charge in [-0.2, -0.15) is 5.26 Å². The van der Waals surface area contributed by atoms with Gasteiger partial charge in [0.1, 0.15) is 5.82 Å². The van der Waals surface area contributed by atoms with Crippen LogP contribution in [0.2, 0.25) is 0 Å². The van der Waals surface area contributed by atoms with Gasteiger partial charge in [0.2, 0.25) is 0 Å². The summed E-state index contributed by atoms with van der Waals surface area (Å²) >= 11 is 6.04. The Bertz CT molecular complexity index is 843. The third kappa shape index (κ3) is 2.51. The van der Waals surface area contributed by atoms with Gasteiger partial charge in [-0.3, -0.25) is 0 Å². The normalized spacial score (nSPS) is 10.7. The Morgan fingerprint density at radius 1 is 1.24 bits per heavy atom. The highest BCUT2D eigenvalue weighted by Gasteiger charge is 2.12. The highest BCUT2D eigenvalue weighted by molar-refractivity contribution is 6.16. The molecule has 0 radical (unpaired) electrons. The molecule has 0 aliphatic heterocycles. The molecule has 0 spiro atoms. The van der Waals surface area contributed by atoms with Gasteiger partial charge in [-0.25, -0.2) is 4.98 Å². The summed E-state index contributed by atoms with van der Waals surface area (Å²) in [4.78, 5) is 4.60. The Kier molecular flexibility index (Phi) is 3.64. The Morgan fingerprint density at radius 3 is 2.81 bits per heavy atom. The zero-order valence-electron chi connectivity index (χ0n) is 11.7. The predicted molar refractivity (Wildman–Crippen MR) is 84.3 cm³/mol. The highest BCUT2D eigenvalue weighted by Crippen LogP contribution is 2.22. The van der Waals surface area contributed by atoms with E-state index in [4.69, 9.17) is 16.9 Å². The van der Waals surface area contributed by atoms with Gasteiger partial charge < -0.3 is 4.57 Å². The van der Waals surface area contributed by atoms with Crippen molar-refractivity contribution < 1.29 is 0 Å². The fourth-order valence-corrected chi connectivity index (χ4v) is 2.81. The van der Waals surface area contributed by atoms with Crippen LogP contribution in [0.15, 0.2) is 42.5 Å². The molecular formula is C17H14ClN3. The van der Waals surface area contributed by atoms with Crippen LogP contribution in [0.25, 0.3) is 11.0 Å². The monoisotopic (exact) mass is 295 g/mol. The minimum atomic E-state index is 0.367. The molecule has 0 atom stereocenters. The van der Waals surface area contributed by atoms with Gasteiger partial charge in [-0.15, -0.1) is 11.6 Å². The van der Waals surface area contributed by atoms with Crippen molar-refractivity contribution in [3.63, 3.8) is 0 Å². The van der Waals surface area contributed by atoms with Crippen molar-refractivity contribution in [2.45, 2.75) is 19.3 Å². The summed E-state index contributed by atoms with van der Waals surface area (Å²) in [6.45, 7) is 2.74. The van der Waals surface area contributed by atoms with Crippen molar-refractivity contribution in [2.75, 3.05) is 0 Å². The van der Waals surface area contributed by atoms with Gasteiger partial charge in [0.05, 0.1) is 28.5 Å². The lowest BCUT2D eigenvalue weighted by Gasteiger charge is -2.09. The number of fused-ring (bicyclic) bond motifs is 1. The van der Waals surface area contributed by atoms with E-state index >= 15 is 0 Å². The van der Waals surface area contributed by atoms with E-state index in [0.717, 1.165) is 22.4 Å². The molecule has 0 bridgehead atoms. The van der Waals surface area contributed by atoms with E-state index in [1.807, 2.05) is 36.4 Å². The summed E-state index contributed by atoms with van der Waals surface area (Å²) in [7, 11) is 0. The number of aryl methyl sites for hydroxylation is 1. The van der Waals surface area contributed by atoms with Crippen molar-refractivity contribution >= 4 is 22.6 Å². The molecule has 21 heavy (non-hydrogen) atoms. The number of imidazole rings is 1. The number of nitriles is 1. The van der Waals surface area contributed by atoms with Crippen molar-refractivity contribution in [1.29, 1.82) is 5.26 Å². The summed E-state index contributed by atoms with van der Waals surface area (Å²) in [6.07, 6.45) is 0. The lowest BCUT2D eigenvalue weighted by atomic mass is 10.1. The van der Waals surface area contributed by atoms with Gasteiger partial charge in [0.15, 0.2) is 0 Å². The number of benzene rings is 2. The standard InChI is InChI=1S/C17H14ClN3/c1-12-4-2-7-15-17(12)21(16(9-18)20-15)11-14-6-3-5-13(8-14)10-19/h2-8H,9,11H2,1H3. The maximum absolute atomic E-state index is 9.01. The molecule has 3 aromatic rings. The van der Waals surface area contributed by atoms with E-state index in [1.165, 1.54) is 5.56 Å². The fourth-order valence-electron chi connectivity index (χ4n) is 2.61. The zero-order valence-corrected chi connectivity index (χ0v) is 12.4. The number of hydrogen-bond donors (Lipinski definition) is 0. The highest BCUT2D eigenvalue weighted by atomic mass is 35.5. The third-order valence-corrected chi connectivity index (χ3v) is 3.80. The van der Waals surface area contributed by atoms with E-state index in [9.17, 15) is 0 Å². The second-order valence-corrected chi connectivity index (χ2v) is 5.27. The van der Waals surface area contributed by atoms with Gasteiger partial charge in [0.25, 0.3) is 0 Å². The molecule has 0 fully saturated rings. The number of para-hydroxylation sites is 1. The Labute approximate surface area is 128 Å². The van der Waals surface area contributed by atoms with Crippen LogP contribution >= 0.6 is 11.6 Å². The number of halogens is 1. The van der Waals surface area contributed by atoms with Crippen LogP contribution < -0.4 is 0 Å². The summed E-state index contributed by atoms with van der Waals surface area (Å²) < 4.78 is 2.13. The minimum Gasteiger partial charge on any atom is -0.322 e. The molecule has 104 valence electrons.